The predicted molar refractivity (Wildman–Crippen MR) is 96.5 cm³/mol. The zero-order valence-corrected chi connectivity index (χ0v) is 14.4. The SMILES string of the molecule is CC(C)(C)n1ncc2c(NC3Cc4ccccc4NC3=O)ncnc21. The van der Waals surface area contributed by atoms with Crippen molar-refractivity contribution in [1.29, 1.82) is 0 Å². The molecule has 2 aromatic heterocycles. The van der Waals surface area contributed by atoms with Crippen molar-refractivity contribution in [3.8, 4) is 0 Å². The summed E-state index contributed by atoms with van der Waals surface area (Å²) in [5.74, 6) is 0.564. The summed E-state index contributed by atoms with van der Waals surface area (Å²) in [6, 6.07) is 7.45. The van der Waals surface area contributed by atoms with Gasteiger partial charge in [-0.3, -0.25) is 4.79 Å². The van der Waals surface area contributed by atoms with Crippen LogP contribution in [-0.2, 0) is 16.8 Å². The van der Waals surface area contributed by atoms with E-state index in [1.807, 2.05) is 28.9 Å². The molecule has 1 aromatic carbocycles. The largest absolute Gasteiger partial charge is 0.357 e. The molecule has 0 fully saturated rings. The minimum Gasteiger partial charge on any atom is -0.357 e. The molecule has 3 heterocycles. The van der Waals surface area contributed by atoms with E-state index in [2.05, 4.69) is 46.5 Å². The number of nitrogens with zero attached hydrogens (tertiary/aromatic N) is 4. The van der Waals surface area contributed by atoms with Crippen LogP contribution in [0, 0.1) is 0 Å². The summed E-state index contributed by atoms with van der Waals surface area (Å²) in [7, 11) is 0. The van der Waals surface area contributed by atoms with E-state index in [9.17, 15) is 4.79 Å². The summed E-state index contributed by atoms with van der Waals surface area (Å²) in [5, 5.41) is 11.5. The van der Waals surface area contributed by atoms with Crippen LogP contribution in [0.5, 0.6) is 0 Å². The third-order valence-corrected chi connectivity index (χ3v) is 4.33. The lowest BCUT2D eigenvalue weighted by Gasteiger charge is -2.25. The second kappa shape index (κ2) is 5.54. The van der Waals surface area contributed by atoms with Crippen molar-refractivity contribution in [3.63, 3.8) is 0 Å². The first-order chi connectivity index (χ1) is 11.9. The first-order valence-corrected chi connectivity index (χ1v) is 8.28. The summed E-state index contributed by atoms with van der Waals surface area (Å²) >= 11 is 0. The second-order valence-electron chi connectivity index (χ2n) is 7.23. The quantitative estimate of drug-likeness (QED) is 0.751. The number of para-hydroxylation sites is 1. The zero-order chi connectivity index (χ0) is 17.6. The molecule has 0 spiro atoms. The zero-order valence-electron chi connectivity index (χ0n) is 14.4. The maximum atomic E-state index is 12.4. The van der Waals surface area contributed by atoms with Gasteiger partial charge >= 0.3 is 0 Å². The van der Waals surface area contributed by atoms with Crippen LogP contribution >= 0.6 is 0 Å². The molecule has 25 heavy (non-hydrogen) atoms. The fraction of sp³-hybridized carbons (Fsp3) is 0.333. The molecule has 1 unspecified atom stereocenters. The van der Waals surface area contributed by atoms with E-state index in [0.29, 0.717) is 12.2 Å². The highest BCUT2D eigenvalue weighted by molar-refractivity contribution is 6.00. The minimum atomic E-state index is -0.383. The number of carbonyl (C=O) groups is 1. The topological polar surface area (TPSA) is 84.7 Å². The van der Waals surface area contributed by atoms with Crippen molar-refractivity contribution in [2.45, 2.75) is 38.8 Å². The first-order valence-electron chi connectivity index (χ1n) is 8.28. The van der Waals surface area contributed by atoms with E-state index < -0.39 is 0 Å². The molecule has 128 valence electrons. The maximum absolute atomic E-state index is 12.4. The van der Waals surface area contributed by atoms with E-state index in [1.165, 1.54) is 6.33 Å². The predicted octanol–water partition coefficient (Wildman–Crippen LogP) is 2.56. The summed E-state index contributed by atoms with van der Waals surface area (Å²) in [6.45, 7) is 6.21. The van der Waals surface area contributed by atoms with Gasteiger partial charge in [0.05, 0.1) is 17.1 Å². The van der Waals surface area contributed by atoms with E-state index >= 15 is 0 Å². The second-order valence-corrected chi connectivity index (χ2v) is 7.23. The molecular weight excluding hydrogens is 316 g/mol. The normalized spacial score (nSPS) is 17.2. The molecule has 0 bridgehead atoms. The average molecular weight is 336 g/mol. The van der Waals surface area contributed by atoms with Crippen molar-refractivity contribution in [2.24, 2.45) is 0 Å². The van der Waals surface area contributed by atoms with Crippen LogP contribution in [0.3, 0.4) is 0 Å². The Morgan fingerprint density at radius 2 is 2.04 bits per heavy atom. The summed E-state index contributed by atoms with van der Waals surface area (Å²) < 4.78 is 1.87. The Kier molecular flexibility index (Phi) is 3.45. The van der Waals surface area contributed by atoms with Crippen LogP contribution < -0.4 is 10.6 Å². The van der Waals surface area contributed by atoms with Gasteiger partial charge in [-0.25, -0.2) is 14.6 Å². The van der Waals surface area contributed by atoms with Crippen LogP contribution in [0.1, 0.15) is 26.3 Å². The molecule has 1 amide bonds. The van der Waals surface area contributed by atoms with E-state index in [0.717, 1.165) is 22.3 Å². The van der Waals surface area contributed by atoms with E-state index in [1.54, 1.807) is 6.20 Å². The van der Waals surface area contributed by atoms with Gasteiger partial charge in [0.15, 0.2) is 5.65 Å². The number of fused-ring (bicyclic) bond motifs is 2. The highest BCUT2D eigenvalue weighted by Crippen LogP contribution is 2.27. The monoisotopic (exact) mass is 336 g/mol. The first kappa shape index (κ1) is 15.6. The Balaban J connectivity index is 1.68. The molecule has 7 heteroatoms. The fourth-order valence-corrected chi connectivity index (χ4v) is 3.08. The van der Waals surface area contributed by atoms with Crippen molar-refractivity contribution in [2.75, 3.05) is 10.6 Å². The molecular formula is C18H20N6O. The smallest absolute Gasteiger partial charge is 0.247 e. The van der Waals surface area contributed by atoms with Gasteiger partial charge in [-0.05, 0) is 32.4 Å². The maximum Gasteiger partial charge on any atom is 0.247 e. The Morgan fingerprint density at radius 3 is 2.84 bits per heavy atom. The van der Waals surface area contributed by atoms with Crippen molar-refractivity contribution in [3.05, 3.63) is 42.4 Å². The van der Waals surface area contributed by atoms with Gasteiger partial charge in [-0.1, -0.05) is 18.2 Å². The number of benzene rings is 1. The molecule has 2 N–H and O–H groups in total. The molecule has 7 nitrogen and oxygen atoms in total. The third-order valence-electron chi connectivity index (χ3n) is 4.33. The number of hydrogen-bond donors (Lipinski definition) is 2. The summed E-state index contributed by atoms with van der Waals surface area (Å²) in [5.41, 5.74) is 2.55. The number of rotatable bonds is 2. The standard InChI is InChI=1S/C18H20N6O/c1-18(2,3)24-16-12(9-21-24)15(19-10-20-16)22-14-8-11-6-4-5-7-13(11)23-17(14)25/h4-7,9-10,14H,8H2,1-3H3,(H,23,25)(H,19,20,22). The Morgan fingerprint density at radius 1 is 1.24 bits per heavy atom. The number of anilines is 2. The van der Waals surface area contributed by atoms with Crippen LogP contribution in [0.4, 0.5) is 11.5 Å². The minimum absolute atomic E-state index is 0.0614. The van der Waals surface area contributed by atoms with Crippen LogP contribution in [-0.4, -0.2) is 31.7 Å². The van der Waals surface area contributed by atoms with Gasteiger partial charge in [0.1, 0.15) is 18.2 Å². The summed E-state index contributed by atoms with van der Waals surface area (Å²) in [4.78, 5) is 21.1. The van der Waals surface area contributed by atoms with Crippen LogP contribution in [0.15, 0.2) is 36.8 Å². The third kappa shape index (κ3) is 2.71. The lowest BCUT2D eigenvalue weighted by molar-refractivity contribution is -0.117. The number of amides is 1. The molecule has 0 saturated carbocycles. The number of hydrogen-bond acceptors (Lipinski definition) is 5. The highest BCUT2D eigenvalue weighted by Gasteiger charge is 2.27. The Labute approximate surface area is 145 Å². The van der Waals surface area contributed by atoms with Crippen molar-refractivity contribution < 1.29 is 4.79 Å². The van der Waals surface area contributed by atoms with E-state index in [4.69, 9.17) is 0 Å². The molecule has 3 aromatic rings. The van der Waals surface area contributed by atoms with Gasteiger partial charge in [-0.2, -0.15) is 5.10 Å². The number of aromatic nitrogens is 4. The van der Waals surface area contributed by atoms with Gasteiger partial charge < -0.3 is 10.6 Å². The summed E-state index contributed by atoms with van der Waals surface area (Å²) in [6.07, 6.45) is 3.86. The Hall–Kier alpha value is -2.96. The number of nitrogens with one attached hydrogen (secondary N) is 2. The van der Waals surface area contributed by atoms with Crippen LogP contribution in [0.25, 0.3) is 11.0 Å². The molecule has 0 saturated heterocycles. The molecule has 1 atom stereocenters. The lowest BCUT2D eigenvalue weighted by Crippen LogP contribution is -2.40. The average Bonchev–Trinajstić information content (AvgIpc) is 3.01. The molecule has 0 aliphatic carbocycles. The molecule has 1 aliphatic rings. The molecule has 0 radical (unpaired) electrons. The van der Waals surface area contributed by atoms with Crippen molar-refractivity contribution in [1.82, 2.24) is 19.7 Å². The van der Waals surface area contributed by atoms with Gasteiger partial charge in [0.25, 0.3) is 0 Å². The van der Waals surface area contributed by atoms with Crippen LogP contribution in [0.2, 0.25) is 0 Å². The van der Waals surface area contributed by atoms with E-state index in [-0.39, 0.29) is 17.5 Å². The van der Waals surface area contributed by atoms with Gasteiger partial charge in [0, 0.05) is 12.1 Å². The fourth-order valence-electron chi connectivity index (χ4n) is 3.08. The Bertz CT molecular complexity index is 956. The lowest BCUT2D eigenvalue weighted by atomic mass is 9.99. The van der Waals surface area contributed by atoms with Crippen molar-refractivity contribution >= 4 is 28.4 Å². The van der Waals surface area contributed by atoms with Gasteiger partial charge in [0.2, 0.25) is 5.91 Å². The number of carbonyl (C=O) groups excluding carboxylic acids is 1. The molecule has 1 aliphatic heterocycles. The molecule has 4 rings (SSSR count). The van der Waals surface area contributed by atoms with Gasteiger partial charge in [-0.15, -0.1) is 0 Å². The highest BCUT2D eigenvalue weighted by atomic mass is 16.2.